The van der Waals surface area contributed by atoms with Gasteiger partial charge >= 0.3 is 5.69 Å². The van der Waals surface area contributed by atoms with Crippen LogP contribution in [0.15, 0.2) is 21.7 Å². The quantitative estimate of drug-likeness (QED) is 0.244. The lowest BCUT2D eigenvalue weighted by atomic mass is 10.0. The minimum absolute atomic E-state index is 0.0991. The number of aliphatic hydroxyl groups is 5. The summed E-state index contributed by atoms with van der Waals surface area (Å²) in [7, 11) is 0. The van der Waals surface area contributed by atoms with Crippen molar-refractivity contribution in [2.75, 3.05) is 6.61 Å². The molecule has 11 heteroatoms. The second-order valence-electron chi connectivity index (χ2n) is 6.99. The number of aromatic amines is 1. The molecular formula is C18H22N4O7. The predicted molar refractivity (Wildman–Crippen MR) is 102 cm³/mol. The van der Waals surface area contributed by atoms with Gasteiger partial charge in [-0.05, 0) is 37.1 Å². The zero-order chi connectivity index (χ0) is 21.5. The van der Waals surface area contributed by atoms with E-state index < -0.39 is 42.3 Å². The molecule has 29 heavy (non-hydrogen) atoms. The molecule has 11 nitrogen and oxygen atoms in total. The Hall–Kier alpha value is -2.70. The van der Waals surface area contributed by atoms with Crippen LogP contribution in [-0.4, -0.2) is 76.1 Å². The number of hydrogen-bond acceptors (Lipinski definition) is 9. The first-order valence-electron chi connectivity index (χ1n) is 8.89. The summed E-state index contributed by atoms with van der Waals surface area (Å²) >= 11 is 0. The number of aryl methyl sites for hydroxylation is 2. The Balaban J connectivity index is 2.19. The van der Waals surface area contributed by atoms with Crippen LogP contribution in [0.5, 0.6) is 0 Å². The summed E-state index contributed by atoms with van der Waals surface area (Å²) in [4.78, 5) is 34.1. The van der Waals surface area contributed by atoms with Crippen LogP contribution in [0.4, 0.5) is 0 Å². The first kappa shape index (κ1) is 21.0. The van der Waals surface area contributed by atoms with Crippen LogP contribution in [0.25, 0.3) is 22.6 Å². The maximum Gasteiger partial charge on any atom is 0.349 e. The molecule has 2 heterocycles. The zero-order valence-corrected chi connectivity index (χ0v) is 15.8. The summed E-state index contributed by atoms with van der Waals surface area (Å²) in [5.41, 5.74) is 0.864. The number of fused-ring (bicyclic) bond motifs is 2. The highest BCUT2D eigenvalue weighted by Gasteiger charge is 2.31. The Labute approximate surface area is 163 Å². The number of nitrogens with one attached hydrogen (secondary N) is 1. The van der Waals surface area contributed by atoms with E-state index in [4.69, 9.17) is 5.11 Å². The van der Waals surface area contributed by atoms with Gasteiger partial charge in [0.15, 0.2) is 11.5 Å². The first-order chi connectivity index (χ1) is 13.6. The average Bonchev–Trinajstić information content (AvgIpc) is 2.68. The summed E-state index contributed by atoms with van der Waals surface area (Å²) in [6, 6.07) is 3.47. The van der Waals surface area contributed by atoms with Crippen molar-refractivity contribution in [2.24, 2.45) is 0 Å². The molecule has 0 fully saturated rings. The molecule has 0 radical (unpaired) electrons. The van der Waals surface area contributed by atoms with Crippen molar-refractivity contribution < 1.29 is 25.5 Å². The van der Waals surface area contributed by atoms with Crippen LogP contribution < -0.4 is 11.2 Å². The Morgan fingerprint density at radius 3 is 2.28 bits per heavy atom. The van der Waals surface area contributed by atoms with Crippen LogP contribution in [0, 0.1) is 13.8 Å². The van der Waals surface area contributed by atoms with E-state index in [9.17, 15) is 30.0 Å². The van der Waals surface area contributed by atoms with Crippen molar-refractivity contribution in [3.05, 3.63) is 44.1 Å². The van der Waals surface area contributed by atoms with Crippen molar-refractivity contribution in [1.29, 1.82) is 0 Å². The minimum Gasteiger partial charge on any atom is -0.394 e. The second kappa shape index (κ2) is 7.97. The summed E-state index contributed by atoms with van der Waals surface area (Å²) < 4.78 is 1.35. The molecule has 3 rings (SSSR count). The van der Waals surface area contributed by atoms with Gasteiger partial charge < -0.3 is 30.1 Å². The lowest BCUT2D eigenvalue weighted by Gasteiger charge is -2.27. The Morgan fingerprint density at radius 1 is 1.00 bits per heavy atom. The summed E-state index contributed by atoms with van der Waals surface area (Å²) in [6.07, 6.45) is -6.91. The fourth-order valence-electron chi connectivity index (χ4n) is 3.09. The second-order valence-corrected chi connectivity index (χ2v) is 6.99. The number of hydrogen-bond donors (Lipinski definition) is 6. The van der Waals surface area contributed by atoms with Crippen molar-refractivity contribution in [3.8, 4) is 11.5 Å². The number of rotatable bonds is 6. The maximum atomic E-state index is 12.2. The molecule has 0 unspecified atom stereocenters. The Kier molecular flexibility index (Phi) is 5.78. The highest BCUT2D eigenvalue weighted by molar-refractivity contribution is 5.81. The van der Waals surface area contributed by atoms with Crippen molar-refractivity contribution in [1.82, 2.24) is 19.5 Å². The van der Waals surface area contributed by atoms with E-state index >= 15 is 0 Å². The van der Waals surface area contributed by atoms with Crippen molar-refractivity contribution in [2.45, 2.75) is 44.8 Å². The standard InChI is InChI=1S/C18H22N4O7/c1-7-3-9-10(4-8(7)2)22(5-11(24)14(26)15(27)12(25)6-23)16-13(19-9)17(28)21-18(29)20-16/h3-4,11-12,14-15,23-27H,5-6H2,1-2H3,(H,21,28,29)/t11-,12+,14-,15+/m0/s1. The molecule has 156 valence electrons. The van der Waals surface area contributed by atoms with Crippen LogP contribution >= 0.6 is 0 Å². The van der Waals surface area contributed by atoms with E-state index in [2.05, 4.69) is 9.97 Å². The monoisotopic (exact) mass is 406 g/mol. The molecule has 4 atom stereocenters. The fraction of sp³-hybridized carbons (Fsp3) is 0.444. The highest BCUT2D eigenvalue weighted by Crippen LogP contribution is 2.24. The topological polar surface area (TPSA) is 182 Å². The number of aliphatic hydroxyl groups excluding tert-OH is 5. The Bertz CT molecular complexity index is 1130. The number of benzene rings is 1. The third kappa shape index (κ3) is 3.91. The molecule has 2 aliphatic heterocycles. The fourth-order valence-corrected chi connectivity index (χ4v) is 3.09. The van der Waals surface area contributed by atoms with Gasteiger partial charge in [0, 0.05) is 0 Å². The van der Waals surface area contributed by atoms with Gasteiger partial charge in [0.2, 0.25) is 0 Å². The largest absolute Gasteiger partial charge is 0.394 e. The Morgan fingerprint density at radius 2 is 1.62 bits per heavy atom. The molecule has 1 aromatic carbocycles. The highest BCUT2D eigenvalue weighted by atomic mass is 16.4. The lowest BCUT2D eigenvalue weighted by molar-refractivity contribution is -0.117. The van der Waals surface area contributed by atoms with Crippen LogP contribution in [0.2, 0.25) is 0 Å². The van der Waals surface area contributed by atoms with Crippen molar-refractivity contribution in [3.63, 3.8) is 0 Å². The molecule has 2 aliphatic rings. The lowest BCUT2D eigenvalue weighted by Crippen LogP contribution is -2.47. The van der Waals surface area contributed by atoms with Gasteiger partial charge in [-0.15, -0.1) is 0 Å². The van der Waals surface area contributed by atoms with Gasteiger partial charge in [-0.3, -0.25) is 9.78 Å². The number of H-pyrrole nitrogens is 1. The third-order valence-corrected chi connectivity index (χ3v) is 4.92. The SMILES string of the molecule is Cc1cc2nc3c(=O)[nH]c(=O)nc-3n(C[C@H](O)[C@H](O)[C@H](O)[C@H](O)CO)c2cc1C. The van der Waals surface area contributed by atoms with Gasteiger partial charge in [-0.2, -0.15) is 4.98 Å². The average molecular weight is 406 g/mol. The van der Waals surface area contributed by atoms with Crippen LogP contribution in [0.3, 0.4) is 0 Å². The van der Waals surface area contributed by atoms with Gasteiger partial charge in [-0.1, -0.05) is 0 Å². The van der Waals surface area contributed by atoms with E-state index in [1.165, 1.54) is 4.57 Å². The van der Waals surface area contributed by atoms with Gasteiger partial charge in [0.05, 0.1) is 24.2 Å². The normalized spacial score (nSPS) is 16.1. The molecule has 0 spiro atoms. The van der Waals surface area contributed by atoms with Gasteiger partial charge in [0.25, 0.3) is 5.56 Å². The predicted octanol–water partition coefficient (Wildman–Crippen LogP) is -2.36. The first-order valence-corrected chi connectivity index (χ1v) is 8.89. The van der Waals surface area contributed by atoms with E-state index in [0.29, 0.717) is 11.0 Å². The summed E-state index contributed by atoms with van der Waals surface area (Å²) in [5, 5.41) is 48.9. The molecular weight excluding hydrogens is 384 g/mol. The molecule has 1 aromatic rings. The summed E-state index contributed by atoms with van der Waals surface area (Å²) in [6.45, 7) is 2.53. The molecule has 0 saturated heterocycles. The smallest absolute Gasteiger partial charge is 0.349 e. The molecule has 0 saturated carbocycles. The third-order valence-electron chi connectivity index (χ3n) is 4.92. The van der Waals surface area contributed by atoms with E-state index in [0.717, 1.165) is 11.1 Å². The van der Waals surface area contributed by atoms with E-state index in [1.54, 1.807) is 12.1 Å². The van der Waals surface area contributed by atoms with E-state index in [1.807, 2.05) is 18.8 Å². The van der Waals surface area contributed by atoms with E-state index in [-0.39, 0.29) is 18.1 Å². The summed E-state index contributed by atoms with van der Waals surface area (Å²) in [5.74, 6) is -0.0991. The van der Waals surface area contributed by atoms with Crippen molar-refractivity contribution >= 4 is 11.0 Å². The number of nitrogens with zero attached hydrogens (tertiary/aromatic N) is 3. The van der Waals surface area contributed by atoms with Gasteiger partial charge in [-0.25, -0.2) is 9.78 Å². The van der Waals surface area contributed by atoms with Crippen LogP contribution in [-0.2, 0) is 6.54 Å². The molecule has 0 amide bonds. The maximum absolute atomic E-state index is 12.2. The number of aromatic nitrogens is 4. The van der Waals surface area contributed by atoms with Crippen LogP contribution in [0.1, 0.15) is 11.1 Å². The molecule has 0 bridgehead atoms. The van der Waals surface area contributed by atoms with Gasteiger partial charge in [0.1, 0.15) is 24.4 Å². The zero-order valence-electron chi connectivity index (χ0n) is 15.8. The minimum atomic E-state index is -1.82. The molecule has 6 N–H and O–H groups in total. The molecule has 0 aromatic heterocycles. The molecule has 0 aliphatic carbocycles.